The van der Waals surface area contributed by atoms with E-state index in [4.69, 9.17) is 4.74 Å². The topological polar surface area (TPSA) is 88.6 Å². The van der Waals surface area contributed by atoms with Gasteiger partial charge in [0.25, 0.3) is 0 Å². The predicted octanol–water partition coefficient (Wildman–Crippen LogP) is 4.50. The summed E-state index contributed by atoms with van der Waals surface area (Å²) in [5.41, 5.74) is 2.79. The zero-order valence-electron chi connectivity index (χ0n) is 14.4. The first-order chi connectivity index (χ1) is 12.3. The van der Waals surface area contributed by atoms with Crippen LogP contribution in [0.1, 0.15) is 41.0 Å². The highest BCUT2D eigenvalue weighted by Gasteiger charge is 2.40. The van der Waals surface area contributed by atoms with E-state index in [2.05, 4.69) is 20.9 Å². The summed E-state index contributed by atoms with van der Waals surface area (Å²) >= 11 is 3.45. The van der Waals surface area contributed by atoms with Crippen molar-refractivity contribution in [3.63, 3.8) is 0 Å². The molecule has 0 radical (unpaired) electrons. The zero-order valence-corrected chi connectivity index (χ0v) is 16.0. The fourth-order valence-electron chi connectivity index (χ4n) is 3.73. The second-order valence-electron chi connectivity index (χ2n) is 6.86. The van der Waals surface area contributed by atoms with Crippen LogP contribution in [0.3, 0.4) is 0 Å². The van der Waals surface area contributed by atoms with E-state index < -0.39 is 5.41 Å². The van der Waals surface area contributed by atoms with Crippen molar-refractivity contribution in [1.82, 2.24) is 4.98 Å². The Hall–Kier alpha value is -2.35. The van der Waals surface area contributed by atoms with E-state index in [0.29, 0.717) is 11.1 Å². The molecule has 7 heteroatoms. The molecule has 0 saturated heterocycles. The minimum Gasteiger partial charge on any atom is -0.733 e. The summed E-state index contributed by atoms with van der Waals surface area (Å²) < 4.78 is 6.15. The molecule has 0 unspecified atom stereocenters. The van der Waals surface area contributed by atoms with Crippen molar-refractivity contribution in [1.29, 1.82) is 0 Å². The molecule has 0 fully saturated rings. The Balaban J connectivity index is 2.06. The van der Waals surface area contributed by atoms with Gasteiger partial charge in [-0.2, -0.15) is 0 Å². The molecule has 1 heterocycles. The third-order valence-corrected chi connectivity index (χ3v) is 5.55. The number of halogens is 1. The van der Waals surface area contributed by atoms with Crippen LogP contribution in [-0.2, 0) is 5.41 Å². The number of hydrogen-bond acceptors (Lipinski definition) is 5. The summed E-state index contributed by atoms with van der Waals surface area (Å²) in [5, 5.41) is 21.4. The number of ketones is 1. The number of carbonyl (C=O) groups excluding carboxylic acids is 1. The summed E-state index contributed by atoms with van der Waals surface area (Å²) in [6.07, 6.45) is 0. The Morgan fingerprint density at radius 1 is 1.27 bits per heavy atom. The number of anilines is 1. The number of H-pyrrole nitrogens is 1. The van der Waals surface area contributed by atoms with Crippen LogP contribution in [-0.4, -0.2) is 23.1 Å². The van der Waals surface area contributed by atoms with E-state index in [1.54, 1.807) is 6.07 Å². The Morgan fingerprint density at radius 2 is 2.00 bits per heavy atom. The van der Waals surface area contributed by atoms with Crippen LogP contribution in [0.5, 0.6) is 5.75 Å². The van der Waals surface area contributed by atoms with Crippen LogP contribution in [0, 0.1) is 5.21 Å². The van der Waals surface area contributed by atoms with Gasteiger partial charge in [0.05, 0.1) is 18.4 Å². The minimum atomic E-state index is -0.515. The number of fused-ring (bicyclic) bond motifs is 4. The van der Waals surface area contributed by atoms with Crippen LogP contribution < -0.4 is 9.96 Å². The Bertz CT molecular complexity index is 1070. The maximum atomic E-state index is 13.3. The summed E-state index contributed by atoms with van der Waals surface area (Å²) in [4.78, 5) is 16.6. The first-order valence-corrected chi connectivity index (χ1v) is 8.80. The molecule has 3 aromatic rings. The van der Waals surface area contributed by atoms with Gasteiger partial charge < -0.3 is 20.2 Å². The van der Waals surface area contributed by atoms with Gasteiger partial charge in [-0.1, -0.05) is 35.8 Å². The van der Waals surface area contributed by atoms with Gasteiger partial charge in [0, 0.05) is 32.0 Å². The molecule has 0 amide bonds. The average molecular weight is 416 g/mol. The van der Waals surface area contributed by atoms with Crippen molar-refractivity contribution in [3.8, 4) is 5.75 Å². The van der Waals surface area contributed by atoms with Gasteiger partial charge in [-0.15, -0.1) is 0 Å². The largest absolute Gasteiger partial charge is 0.733 e. The number of aromatic amines is 1. The maximum Gasteiger partial charge on any atom is 0.195 e. The molecule has 4 rings (SSSR count). The van der Waals surface area contributed by atoms with E-state index in [-0.39, 0.29) is 22.4 Å². The normalized spacial score (nSPS) is 14.9. The van der Waals surface area contributed by atoms with E-state index in [1.807, 2.05) is 32.0 Å². The number of hydrogen-bond donors (Lipinski definition) is 2. The lowest BCUT2D eigenvalue weighted by Crippen LogP contribution is -2.30. The number of carbonyl (C=O) groups is 1. The van der Waals surface area contributed by atoms with Crippen LogP contribution in [0.15, 0.2) is 34.8 Å². The summed E-state index contributed by atoms with van der Waals surface area (Å²) in [5.74, 6) is 0.0260. The van der Waals surface area contributed by atoms with Crippen molar-refractivity contribution in [3.05, 3.63) is 62.4 Å². The molecule has 1 aromatic heterocycles. The second-order valence-corrected chi connectivity index (χ2v) is 7.78. The monoisotopic (exact) mass is 415 g/mol. The lowest BCUT2D eigenvalue weighted by molar-refractivity contribution is 0.103. The Morgan fingerprint density at radius 3 is 2.65 bits per heavy atom. The van der Waals surface area contributed by atoms with Crippen molar-refractivity contribution < 1.29 is 14.7 Å². The molecule has 26 heavy (non-hydrogen) atoms. The first kappa shape index (κ1) is 17.1. The third-order valence-electron chi connectivity index (χ3n) is 5.06. The molecule has 1 aliphatic rings. The fourth-order valence-corrected chi connectivity index (χ4v) is 4.09. The lowest BCUT2D eigenvalue weighted by atomic mass is 9.71. The second kappa shape index (κ2) is 5.57. The van der Waals surface area contributed by atoms with E-state index in [9.17, 15) is 15.2 Å². The number of aromatic nitrogens is 1. The Kier molecular flexibility index (Phi) is 3.66. The summed E-state index contributed by atoms with van der Waals surface area (Å²) in [6, 6.07) is 8.75. The SMILES string of the molecule is COc1cc2c(cc1N([O-])O)C(=O)c1c([nH]c3cc(Br)ccc13)C2(C)C. The van der Waals surface area contributed by atoms with Gasteiger partial charge in [-0.3, -0.25) is 10.0 Å². The van der Waals surface area contributed by atoms with Crippen LogP contribution in [0.4, 0.5) is 5.69 Å². The molecule has 0 bridgehead atoms. The van der Waals surface area contributed by atoms with Crippen molar-refractivity contribution in [2.24, 2.45) is 0 Å². The van der Waals surface area contributed by atoms with Gasteiger partial charge in [0.2, 0.25) is 0 Å². The molecule has 2 N–H and O–H groups in total. The molecule has 6 nitrogen and oxygen atoms in total. The smallest absolute Gasteiger partial charge is 0.195 e. The predicted molar refractivity (Wildman–Crippen MR) is 102 cm³/mol. The molecule has 1 aliphatic carbocycles. The Labute approximate surface area is 158 Å². The molecular formula is C19H16BrN2O4-. The fraction of sp³-hybridized carbons (Fsp3) is 0.211. The average Bonchev–Trinajstić information content (AvgIpc) is 2.98. The maximum absolute atomic E-state index is 13.3. The minimum absolute atomic E-state index is 0.0959. The van der Waals surface area contributed by atoms with Crippen LogP contribution in [0.2, 0.25) is 0 Å². The van der Waals surface area contributed by atoms with Gasteiger partial charge in [0.1, 0.15) is 5.75 Å². The molecule has 0 aliphatic heterocycles. The molecular weight excluding hydrogens is 400 g/mol. The van der Waals surface area contributed by atoms with Crippen LogP contribution >= 0.6 is 15.9 Å². The summed E-state index contributed by atoms with van der Waals surface area (Å²) in [7, 11) is 1.41. The van der Waals surface area contributed by atoms with Gasteiger partial charge in [0.15, 0.2) is 5.78 Å². The standard InChI is InChI=1S/C19H16BrN2O4/c1-19(2)12-8-15(26-3)14(22(24)25)7-11(12)17(23)16-10-5-4-9(20)6-13(10)21-18(16)19/h4-8,21,24H,1-3H3/q-1. The number of rotatable bonds is 2. The van der Waals surface area contributed by atoms with Gasteiger partial charge in [-0.05, 0) is 29.8 Å². The number of methoxy groups -OCH3 is 1. The number of ether oxygens (including phenoxy) is 1. The molecule has 0 saturated carbocycles. The van der Waals surface area contributed by atoms with E-state index >= 15 is 0 Å². The first-order valence-electron chi connectivity index (χ1n) is 8.00. The van der Waals surface area contributed by atoms with Gasteiger partial charge >= 0.3 is 0 Å². The molecule has 2 aromatic carbocycles. The lowest BCUT2D eigenvalue weighted by Gasteiger charge is -2.34. The number of nitrogens with zero attached hydrogens (tertiary/aromatic N) is 1. The highest BCUT2D eigenvalue weighted by Crippen LogP contribution is 2.46. The molecule has 0 atom stereocenters. The van der Waals surface area contributed by atoms with Crippen LogP contribution in [0.25, 0.3) is 10.9 Å². The summed E-state index contributed by atoms with van der Waals surface area (Å²) in [6.45, 7) is 4.02. The van der Waals surface area contributed by atoms with E-state index in [1.165, 1.54) is 13.2 Å². The van der Waals surface area contributed by atoms with E-state index in [0.717, 1.165) is 26.6 Å². The highest BCUT2D eigenvalue weighted by atomic mass is 79.9. The third kappa shape index (κ3) is 2.21. The van der Waals surface area contributed by atoms with Gasteiger partial charge in [-0.25, -0.2) is 0 Å². The number of benzene rings is 2. The zero-order chi connectivity index (χ0) is 18.8. The molecule has 134 valence electrons. The molecule has 0 spiro atoms. The highest BCUT2D eigenvalue weighted by molar-refractivity contribution is 9.10. The number of nitrogens with one attached hydrogen (secondary N) is 1. The van der Waals surface area contributed by atoms with Crippen molar-refractivity contribution >= 4 is 38.3 Å². The quantitative estimate of drug-likeness (QED) is 0.601. The van der Waals surface area contributed by atoms with Crippen molar-refractivity contribution in [2.45, 2.75) is 19.3 Å². The van der Waals surface area contributed by atoms with Crippen molar-refractivity contribution in [2.75, 3.05) is 12.3 Å².